The first-order chi connectivity index (χ1) is 9.42. The molecule has 1 aromatic heterocycles. The molecule has 0 saturated carbocycles. The minimum atomic E-state index is -3.70. The molecule has 0 amide bonds. The second kappa shape index (κ2) is 5.94. The van der Waals surface area contributed by atoms with E-state index in [0.29, 0.717) is 15.9 Å². The zero-order chi connectivity index (χ0) is 14.8. The zero-order valence-corrected chi connectivity index (χ0v) is 13.3. The van der Waals surface area contributed by atoms with Crippen LogP contribution in [0.5, 0.6) is 5.75 Å². The normalized spacial score (nSPS) is 11.6. The van der Waals surface area contributed by atoms with Crippen LogP contribution in [0.15, 0.2) is 38.2 Å². The van der Waals surface area contributed by atoms with Crippen molar-refractivity contribution < 1.29 is 17.7 Å². The van der Waals surface area contributed by atoms with E-state index in [4.69, 9.17) is 9.26 Å². The maximum absolute atomic E-state index is 12.3. The number of hydrogen-bond donors (Lipinski definition) is 1. The number of aryl methyl sites for hydroxylation is 1. The number of hydrogen-bond acceptors (Lipinski definition) is 5. The lowest BCUT2D eigenvalue weighted by Crippen LogP contribution is -2.24. The third kappa shape index (κ3) is 3.38. The molecule has 0 atom stereocenters. The molecule has 108 valence electrons. The molecule has 0 bridgehead atoms. The summed E-state index contributed by atoms with van der Waals surface area (Å²) in [6.45, 7) is 1.79. The molecule has 2 aromatic rings. The van der Waals surface area contributed by atoms with Gasteiger partial charge in [0.25, 0.3) is 0 Å². The van der Waals surface area contributed by atoms with Gasteiger partial charge in [-0.2, -0.15) is 0 Å². The van der Waals surface area contributed by atoms with Crippen molar-refractivity contribution in [1.29, 1.82) is 0 Å². The highest BCUT2D eigenvalue weighted by atomic mass is 79.9. The van der Waals surface area contributed by atoms with Gasteiger partial charge in [0.1, 0.15) is 16.4 Å². The van der Waals surface area contributed by atoms with Crippen molar-refractivity contribution in [2.45, 2.75) is 18.4 Å². The number of methoxy groups -OCH3 is 1. The molecular weight excluding hydrogens is 348 g/mol. The Balaban J connectivity index is 2.24. The zero-order valence-electron chi connectivity index (χ0n) is 10.9. The van der Waals surface area contributed by atoms with Gasteiger partial charge >= 0.3 is 0 Å². The SMILES string of the molecule is COc1ccc(Br)cc1S(=O)(=O)NCc1cc(C)on1. The van der Waals surface area contributed by atoms with Crippen LogP contribution in [0.3, 0.4) is 0 Å². The van der Waals surface area contributed by atoms with E-state index in [2.05, 4.69) is 25.8 Å². The van der Waals surface area contributed by atoms with Crippen molar-refractivity contribution in [3.8, 4) is 5.75 Å². The molecule has 0 saturated heterocycles. The largest absolute Gasteiger partial charge is 0.495 e. The Bertz CT molecular complexity index is 712. The van der Waals surface area contributed by atoms with E-state index in [9.17, 15) is 8.42 Å². The molecule has 0 unspecified atom stereocenters. The lowest BCUT2D eigenvalue weighted by atomic mass is 10.3. The third-order valence-electron chi connectivity index (χ3n) is 2.54. The Morgan fingerprint density at radius 1 is 1.40 bits per heavy atom. The second-order valence-corrected chi connectivity index (χ2v) is 6.70. The van der Waals surface area contributed by atoms with E-state index in [1.54, 1.807) is 25.1 Å². The van der Waals surface area contributed by atoms with E-state index >= 15 is 0 Å². The average Bonchev–Trinajstić information content (AvgIpc) is 2.82. The van der Waals surface area contributed by atoms with Crippen molar-refractivity contribution in [3.05, 3.63) is 40.2 Å². The molecule has 6 nitrogen and oxygen atoms in total. The predicted molar refractivity (Wildman–Crippen MR) is 76.0 cm³/mol. The number of benzene rings is 1. The number of rotatable bonds is 5. The Morgan fingerprint density at radius 2 is 2.15 bits per heavy atom. The van der Waals surface area contributed by atoms with Gasteiger partial charge in [-0.25, -0.2) is 13.1 Å². The Hall–Kier alpha value is -1.38. The number of nitrogens with zero attached hydrogens (tertiary/aromatic N) is 1. The monoisotopic (exact) mass is 360 g/mol. The van der Waals surface area contributed by atoms with E-state index in [0.717, 1.165) is 0 Å². The summed E-state index contributed by atoms with van der Waals surface area (Å²) in [5.41, 5.74) is 0.514. The topological polar surface area (TPSA) is 81.4 Å². The molecule has 0 aliphatic heterocycles. The lowest BCUT2D eigenvalue weighted by Gasteiger charge is -2.10. The van der Waals surface area contributed by atoms with Gasteiger partial charge in [0.2, 0.25) is 10.0 Å². The van der Waals surface area contributed by atoms with Gasteiger partial charge in [0.05, 0.1) is 19.3 Å². The highest BCUT2D eigenvalue weighted by Gasteiger charge is 2.20. The van der Waals surface area contributed by atoms with Crippen LogP contribution in [0.4, 0.5) is 0 Å². The smallest absolute Gasteiger partial charge is 0.244 e. The van der Waals surface area contributed by atoms with Crippen LogP contribution >= 0.6 is 15.9 Å². The Labute approximate surface area is 125 Å². The number of sulfonamides is 1. The minimum Gasteiger partial charge on any atom is -0.495 e. The first kappa shape index (κ1) is 15.0. The summed E-state index contributed by atoms with van der Waals surface area (Å²) in [6, 6.07) is 6.44. The van der Waals surface area contributed by atoms with Crippen LogP contribution in [-0.2, 0) is 16.6 Å². The molecule has 0 spiro atoms. The van der Waals surface area contributed by atoms with Gasteiger partial charge < -0.3 is 9.26 Å². The van der Waals surface area contributed by atoms with Crippen LogP contribution in [0, 0.1) is 6.92 Å². The molecule has 0 aliphatic carbocycles. The van der Waals surface area contributed by atoms with Gasteiger partial charge in [-0.15, -0.1) is 0 Å². The fourth-order valence-electron chi connectivity index (χ4n) is 1.61. The van der Waals surface area contributed by atoms with Crippen LogP contribution in [0.25, 0.3) is 0 Å². The lowest BCUT2D eigenvalue weighted by molar-refractivity contribution is 0.389. The fourth-order valence-corrected chi connectivity index (χ4v) is 3.31. The maximum atomic E-state index is 12.3. The summed E-state index contributed by atoms with van der Waals surface area (Å²) in [6.07, 6.45) is 0. The quantitative estimate of drug-likeness (QED) is 0.883. The highest BCUT2D eigenvalue weighted by Crippen LogP contribution is 2.27. The molecule has 1 aromatic carbocycles. The van der Waals surface area contributed by atoms with Crippen LogP contribution in [0.2, 0.25) is 0 Å². The van der Waals surface area contributed by atoms with Gasteiger partial charge in [-0.3, -0.25) is 0 Å². The fraction of sp³-hybridized carbons (Fsp3) is 0.250. The molecule has 8 heteroatoms. The number of ether oxygens (including phenoxy) is 1. The summed E-state index contributed by atoms with van der Waals surface area (Å²) in [7, 11) is -2.28. The molecule has 0 radical (unpaired) electrons. The number of halogens is 1. The van der Waals surface area contributed by atoms with Gasteiger partial charge in [-0.05, 0) is 25.1 Å². The standard InChI is InChI=1S/C12H13BrN2O4S/c1-8-5-10(15-19-8)7-14-20(16,17)12-6-9(13)3-4-11(12)18-2/h3-6,14H,7H2,1-2H3. The van der Waals surface area contributed by atoms with E-state index < -0.39 is 10.0 Å². The minimum absolute atomic E-state index is 0.0509. The van der Waals surface area contributed by atoms with Crippen LogP contribution in [-0.4, -0.2) is 20.7 Å². The average molecular weight is 361 g/mol. The molecule has 0 fully saturated rings. The van der Waals surface area contributed by atoms with Crippen molar-refractivity contribution in [1.82, 2.24) is 9.88 Å². The van der Waals surface area contributed by atoms with Gasteiger partial charge in [-0.1, -0.05) is 21.1 Å². The Morgan fingerprint density at radius 3 is 2.75 bits per heavy atom. The number of nitrogens with one attached hydrogen (secondary N) is 1. The summed E-state index contributed by atoms with van der Waals surface area (Å²) in [5.74, 6) is 0.899. The molecule has 1 N–H and O–H groups in total. The van der Waals surface area contributed by atoms with Crippen molar-refractivity contribution in [2.75, 3.05) is 7.11 Å². The van der Waals surface area contributed by atoms with Crippen LogP contribution in [0.1, 0.15) is 11.5 Å². The van der Waals surface area contributed by atoms with E-state index in [1.165, 1.54) is 13.2 Å². The summed E-state index contributed by atoms with van der Waals surface area (Å²) in [5, 5.41) is 3.73. The van der Waals surface area contributed by atoms with Crippen molar-refractivity contribution in [3.63, 3.8) is 0 Å². The summed E-state index contributed by atoms with van der Waals surface area (Å²) in [4.78, 5) is 0.0644. The molecule has 2 rings (SSSR count). The van der Waals surface area contributed by atoms with Crippen LogP contribution < -0.4 is 9.46 Å². The highest BCUT2D eigenvalue weighted by molar-refractivity contribution is 9.10. The van der Waals surface area contributed by atoms with Crippen molar-refractivity contribution in [2.24, 2.45) is 0 Å². The van der Waals surface area contributed by atoms with Crippen molar-refractivity contribution >= 4 is 26.0 Å². The molecule has 1 heterocycles. The summed E-state index contributed by atoms with van der Waals surface area (Å²) >= 11 is 3.24. The Kier molecular flexibility index (Phi) is 4.46. The maximum Gasteiger partial charge on any atom is 0.244 e. The summed E-state index contributed by atoms with van der Waals surface area (Å²) < 4.78 is 37.6. The van der Waals surface area contributed by atoms with Gasteiger partial charge in [0, 0.05) is 10.5 Å². The van der Waals surface area contributed by atoms with Gasteiger partial charge in [0.15, 0.2) is 0 Å². The second-order valence-electron chi connectivity index (χ2n) is 4.05. The van der Waals surface area contributed by atoms with E-state index in [-0.39, 0.29) is 17.2 Å². The predicted octanol–water partition coefficient (Wildman–Crippen LogP) is 2.23. The number of aromatic nitrogens is 1. The molecule has 20 heavy (non-hydrogen) atoms. The molecular formula is C12H13BrN2O4S. The first-order valence-corrected chi connectivity index (χ1v) is 7.95. The third-order valence-corrected chi connectivity index (χ3v) is 4.45. The first-order valence-electron chi connectivity index (χ1n) is 5.68. The van der Waals surface area contributed by atoms with E-state index in [1.807, 2.05) is 0 Å². The molecule has 0 aliphatic rings.